The molecule has 2 N–H and O–H groups in total. The van der Waals surface area contributed by atoms with Crippen molar-refractivity contribution in [3.63, 3.8) is 0 Å². The van der Waals surface area contributed by atoms with Gasteiger partial charge >= 0.3 is 0 Å². The Balaban J connectivity index is 2.10. The Labute approximate surface area is 82.7 Å². The van der Waals surface area contributed by atoms with Crippen molar-refractivity contribution in [2.24, 2.45) is 5.73 Å². The van der Waals surface area contributed by atoms with Gasteiger partial charge in [-0.2, -0.15) is 0 Å². The molecular formula is C10H14FN3. The number of hydrogen-bond acceptors (Lipinski definition) is 3. The number of rotatable bonds is 1. The minimum Gasteiger partial charge on any atom is -0.355 e. The zero-order valence-corrected chi connectivity index (χ0v) is 7.99. The monoisotopic (exact) mass is 195 g/mol. The van der Waals surface area contributed by atoms with Crippen molar-refractivity contribution in [1.29, 1.82) is 0 Å². The summed E-state index contributed by atoms with van der Waals surface area (Å²) < 4.78 is 12.6. The van der Waals surface area contributed by atoms with Crippen LogP contribution in [-0.4, -0.2) is 24.1 Å². The third kappa shape index (κ3) is 2.01. The van der Waals surface area contributed by atoms with Crippen LogP contribution in [0.1, 0.15) is 12.8 Å². The SMILES string of the molecule is N[C@@H]1CCCN(c2ccc(F)cn2)C1. The van der Waals surface area contributed by atoms with Gasteiger partial charge in [0.05, 0.1) is 6.20 Å². The number of nitrogens with zero attached hydrogens (tertiary/aromatic N) is 2. The second-order valence-corrected chi connectivity index (χ2v) is 3.68. The maximum atomic E-state index is 12.6. The van der Waals surface area contributed by atoms with Crippen molar-refractivity contribution in [3.05, 3.63) is 24.1 Å². The van der Waals surface area contributed by atoms with Gasteiger partial charge in [0, 0.05) is 19.1 Å². The fourth-order valence-corrected chi connectivity index (χ4v) is 1.77. The van der Waals surface area contributed by atoms with E-state index in [2.05, 4.69) is 9.88 Å². The Bertz CT molecular complexity index is 299. The Morgan fingerprint density at radius 2 is 2.36 bits per heavy atom. The van der Waals surface area contributed by atoms with Crippen molar-refractivity contribution in [3.8, 4) is 0 Å². The molecular weight excluding hydrogens is 181 g/mol. The van der Waals surface area contributed by atoms with E-state index in [9.17, 15) is 4.39 Å². The van der Waals surface area contributed by atoms with Gasteiger partial charge in [-0.3, -0.25) is 0 Å². The van der Waals surface area contributed by atoms with E-state index in [4.69, 9.17) is 5.73 Å². The molecule has 2 heterocycles. The molecule has 0 unspecified atom stereocenters. The molecule has 0 bridgehead atoms. The normalized spacial score (nSPS) is 22.4. The molecule has 1 atom stereocenters. The van der Waals surface area contributed by atoms with Crippen LogP contribution in [0, 0.1) is 5.82 Å². The molecule has 0 radical (unpaired) electrons. The lowest BCUT2D eigenvalue weighted by atomic mass is 10.1. The number of pyridine rings is 1. The number of nitrogens with two attached hydrogens (primary N) is 1. The molecule has 0 saturated carbocycles. The van der Waals surface area contributed by atoms with Crippen molar-refractivity contribution in [1.82, 2.24) is 4.98 Å². The van der Waals surface area contributed by atoms with E-state index in [1.807, 2.05) is 0 Å². The van der Waals surface area contributed by atoms with E-state index in [-0.39, 0.29) is 11.9 Å². The predicted octanol–water partition coefficient (Wildman–Crippen LogP) is 1.15. The standard InChI is InChI=1S/C10H14FN3/c11-8-3-4-10(13-6-8)14-5-1-2-9(12)7-14/h3-4,6,9H,1-2,5,7,12H2/t9-/m1/s1. The summed E-state index contributed by atoms with van der Waals surface area (Å²) in [4.78, 5) is 6.14. The number of piperidine rings is 1. The van der Waals surface area contributed by atoms with E-state index in [0.717, 1.165) is 31.7 Å². The molecule has 1 saturated heterocycles. The lowest BCUT2D eigenvalue weighted by Gasteiger charge is -2.31. The van der Waals surface area contributed by atoms with Crippen LogP contribution in [-0.2, 0) is 0 Å². The lowest BCUT2D eigenvalue weighted by Crippen LogP contribution is -2.43. The van der Waals surface area contributed by atoms with Crippen LogP contribution < -0.4 is 10.6 Å². The summed E-state index contributed by atoms with van der Waals surface area (Å²) in [6.07, 6.45) is 3.40. The molecule has 0 amide bonds. The topological polar surface area (TPSA) is 42.1 Å². The quantitative estimate of drug-likeness (QED) is 0.731. The number of aromatic nitrogens is 1. The van der Waals surface area contributed by atoms with Gasteiger partial charge in [-0.1, -0.05) is 0 Å². The van der Waals surface area contributed by atoms with E-state index in [0.29, 0.717) is 0 Å². The highest BCUT2D eigenvalue weighted by Gasteiger charge is 2.17. The summed E-state index contributed by atoms with van der Waals surface area (Å²) in [5.41, 5.74) is 5.85. The van der Waals surface area contributed by atoms with Crippen molar-refractivity contribution >= 4 is 5.82 Å². The van der Waals surface area contributed by atoms with Gasteiger partial charge in [0.15, 0.2) is 0 Å². The van der Waals surface area contributed by atoms with Crippen LogP contribution in [0.2, 0.25) is 0 Å². The number of hydrogen-bond donors (Lipinski definition) is 1. The molecule has 0 aromatic carbocycles. The zero-order chi connectivity index (χ0) is 9.97. The second-order valence-electron chi connectivity index (χ2n) is 3.68. The van der Waals surface area contributed by atoms with Crippen LogP contribution in [0.15, 0.2) is 18.3 Å². The van der Waals surface area contributed by atoms with Crippen LogP contribution in [0.3, 0.4) is 0 Å². The van der Waals surface area contributed by atoms with Gasteiger partial charge < -0.3 is 10.6 Å². The van der Waals surface area contributed by atoms with Crippen LogP contribution in [0.5, 0.6) is 0 Å². The first-order valence-electron chi connectivity index (χ1n) is 4.88. The molecule has 1 aromatic heterocycles. The van der Waals surface area contributed by atoms with E-state index in [1.165, 1.54) is 12.3 Å². The van der Waals surface area contributed by atoms with Crippen LogP contribution >= 0.6 is 0 Å². The summed E-state index contributed by atoms with van der Waals surface area (Å²) >= 11 is 0. The molecule has 1 aliphatic rings. The third-order valence-corrected chi connectivity index (χ3v) is 2.49. The van der Waals surface area contributed by atoms with E-state index >= 15 is 0 Å². The summed E-state index contributed by atoms with van der Waals surface area (Å²) in [6, 6.07) is 3.35. The highest BCUT2D eigenvalue weighted by Crippen LogP contribution is 2.16. The highest BCUT2D eigenvalue weighted by molar-refractivity contribution is 5.38. The molecule has 1 aliphatic heterocycles. The van der Waals surface area contributed by atoms with Crippen molar-refractivity contribution in [2.45, 2.75) is 18.9 Å². The molecule has 4 heteroatoms. The third-order valence-electron chi connectivity index (χ3n) is 2.49. The van der Waals surface area contributed by atoms with E-state index < -0.39 is 0 Å². The summed E-state index contributed by atoms with van der Waals surface area (Å²) in [5.74, 6) is 0.525. The number of halogens is 1. The first-order valence-corrected chi connectivity index (χ1v) is 4.88. The Morgan fingerprint density at radius 1 is 1.50 bits per heavy atom. The summed E-state index contributed by atoms with van der Waals surface area (Å²) in [7, 11) is 0. The van der Waals surface area contributed by atoms with E-state index in [1.54, 1.807) is 6.07 Å². The van der Waals surface area contributed by atoms with Crippen LogP contribution in [0.25, 0.3) is 0 Å². The molecule has 1 fully saturated rings. The Hall–Kier alpha value is -1.16. The highest BCUT2D eigenvalue weighted by atomic mass is 19.1. The molecule has 2 rings (SSSR count). The fraction of sp³-hybridized carbons (Fsp3) is 0.500. The molecule has 0 aliphatic carbocycles. The second kappa shape index (κ2) is 3.92. The molecule has 1 aromatic rings. The van der Waals surface area contributed by atoms with Gasteiger partial charge in [-0.25, -0.2) is 9.37 Å². The average molecular weight is 195 g/mol. The summed E-state index contributed by atoms with van der Waals surface area (Å²) in [6.45, 7) is 1.78. The first-order chi connectivity index (χ1) is 6.75. The minimum absolute atomic E-state index is 0.218. The van der Waals surface area contributed by atoms with Gasteiger partial charge in [-0.05, 0) is 25.0 Å². The zero-order valence-electron chi connectivity index (χ0n) is 7.99. The van der Waals surface area contributed by atoms with Gasteiger partial charge in [0.2, 0.25) is 0 Å². The van der Waals surface area contributed by atoms with Gasteiger partial charge in [-0.15, -0.1) is 0 Å². The van der Waals surface area contributed by atoms with Crippen LogP contribution in [0.4, 0.5) is 10.2 Å². The average Bonchev–Trinajstić information content (AvgIpc) is 2.19. The van der Waals surface area contributed by atoms with Gasteiger partial charge in [0.1, 0.15) is 11.6 Å². The number of anilines is 1. The summed E-state index contributed by atoms with van der Waals surface area (Å²) in [5, 5.41) is 0. The maximum Gasteiger partial charge on any atom is 0.141 e. The smallest absolute Gasteiger partial charge is 0.141 e. The minimum atomic E-state index is -0.296. The lowest BCUT2D eigenvalue weighted by molar-refractivity contribution is 0.502. The van der Waals surface area contributed by atoms with Crippen molar-refractivity contribution in [2.75, 3.05) is 18.0 Å². The van der Waals surface area contributed by atoms with Gasteiger partial charge in [0.25, 0.3) is 0 Å². The Kier molecular flexibility index (Phi) is 2.63. The maximum absolute atomic E-state index is 12.6. The molecule has 76 valence electrons. The predicted molar refractivity (Wildman–Crippen MR) is 53.6 cm³/mol. The first kappa shape index (κ1) is 9.40. The molecule has 14 heavy (non-hydrogen) atoms. The molecule has 3 nitrogen and oxygen atoms in total. The molecule has 0 spiro atoms. The largest absolute Gasteiger partial charge is 0.355 e. The van der Waals surface area contributed by atoms with Crippen molar-refractivity contribution < 1.29 is 4.39 Å². The Morgan fingerprint density at radius 3 is 3.00 bits per heavy atom. The fourth-order valence-electron chi connectivity index (χ4n) is 1.77.